The molecule has 0 spiro atoms. The van der Waals surface area contributed by atoms with Gasteiger partial charge in [0, 0.05) is 18.8 Å². The van der Waals surface area contributed by atoms with Crippen LogP contribution in [-0.2, 0) is 4.74 Å². The van der Waals surface area contributed by atoms with E-state index in [2.05, 4.69) is 16.7 Å². The molecule has 156 valence electrons. The van der Waals surface area contributed by atoms with Crippen molar-refractivity contribution in [2.45, 2.75) is 33.0 Å². The van der Waals surface area contributed by atoms with Crippen molar-refractivity contribution in [1.82, 2.24) is 9.47 Å². The quantitative estimate of drug-likeness (QED) is 0.632. The number of morpholine rings is 1. The number of carbonyl (C=O) groups excluding carboxylic acids is 1. The fraction of sp³-hybridized carbons (Fsp3) is 0.320. The smallest absolute Gasteiger partial charge is 0.255 e. The Morgan fingerprint density at radius 1 is 1.00 bits per heavy atom. The third-order valence-electron chi connectivity index (χ3n) is 5.58. The molecule has 2 atom stereocenters. The van der Waals surface area contributed by atoms with Gasteiger partial charge in [0.1, 0.15) is 5.75 Å². The average Bonchev–Trinajstić information content (AvgIpc) is 3.10. The number of para-hydroxylation sites is 2. The van der Waals surface area contributed by atoms with Gasteiger partial charge in [0.2, 0.25) is 0 Å². The van der Waals surface area contributed by atoms with Crippen molar-refractivity contribution in [1.29, 1.82) is 0 Å². The maximum Gasteiger partial charge on any atom is 0.255 e. The lowest BCUT2D eigenvalue weighted by atomic mass is 10.1. The summed E-state index contributed by atoms with van der Waals surface area (Å²) in [4.78, 5) is 15.4. The first-order chi connectivity index (χ1) is 14.5. The molecule has 1 amide bonds. The van der Waals surface area contributed by atoms with Crippen molar-refractivity contribution in [2.75, 3.05) is 20.2 Å². The van der Waals surface area contributed by atoms with E-state index in [4.69, 9.17) is 9.47 Å². The summed E-state index contributed by atoms with van der Waals surface area (Å²) in [5, 5.41) is 0. The molecule has 1 aliphatic rings. The summed E-state index contributed by atoms with van der Waals surface area (Å²) in [7, 11) is 1.67. The van der Waals surface area contributed by atoms with E-state index in [9.17, 15) is 4.79 Å². The van der Waals surface area contributed by atoms with Crippen LogP contribution >= 0.6 is 0 Å². The van der Waals surface area contributed by atoms with Gasteiger partial charge in [-0.2, -0.15) is 0 Å². The summed E-state index contributed by atoms with van der Waals surface area (Å²) >= 11 is 0. The zero-order valence-corrected chi connectivity index (χ0v) is 18.0. The molecule has 5 heteroatoms. The summed E-state index contributed by atoms with van der Waals surface area (Å²) in [6.45, 7) is 7.22. The summed E-state index contributed by atoms with van der Waals surface area (Å²) in [5.74, 6) is 0.807. The number of carbonyl (C=O) groups is 1. The highest BCUT2D eigenvalue weighted by atomic mass is 16.5. The maximum absolute atomic E-state index is 13.5. The van der Waals surface area contributed by atoms with Crippen molar-refractivity contribution in [2.24, 2.45) is 0 Å². The Bertz CT molecular complexity index is 1030. The van der Waals surface area contributed by atoms with E-state index in [0.29, 0.717) is 18.7 Å². The van der Waals surface area contributed by atoms with Gasteiger partial charge in [-0.15, -0.1) is 0 Å². The van der Waals surface area contributed by atoms with Gasteiger partial charge in [0.15, 0.2) is 0 Å². The minimum Gasteiger partial charge on any atom is -0.495 e. The highest BCUT2D eigenvalue weighted by Gasteiger charge is 2.29. The molecular weight excluding hydrogens is 376 g/mol. The zero-order chi connectivity index (χ0) is 21.3. The molecule has 2 aromatic carbocycles. The van der Waals surface area contributed by atoms with E-state index in [1.807, 2.05) is 74.2 Å². The number of methoxy groups -OCH3 is 1. The number of benzene rings is 2. The highest BCUT2D eigenvalue weighted by Crippen LogP contribution is 2.34. The number of amides is 1. The van der Waals surface area contributed by atoms with E-state index in [-0.39, 0.29) is 18.1 Å². The fourth-order valence-electron chi connectivity index (χ4n) is 4.28. The van der Waals surface area contributed by atoms with Crippen molar-refractivity contribution in [3.8, 4) is 22.7 Å². The van der Waals surface area contributed by atoms with Crippen LogP contribution in [0.2, 0.25) is 0 Å². The molecule has 2 heterocycles. The summed E-state index contributed by atoms with van der Waals surface area (Å²) < 4.78 is 13.6. The van der Waals surface area contributed by atoms with Crippen LogP contribution in [0.25, 0.3) is 16.9 Å². The largest absolute Gasteiger partial charge is 0.495 e. The van der Waals surface area contributed by atoms with Crippen LogP contribution in [0.1, 0.15) is 29.9 Å². The van der Waals surface area contributed by atoms with Crippen LogP contribution < -0.4 is 4.74 Å². The van der Waals surface area contributed by atoms with E-state index in [1.54, 1.807) is 7.11 Å². The number of hydrogen-bond donors (Lipinski definition) is 0. The molecule has 1 aliphatic heterocycles. The van der Waals surface area contributed by atoms with Gasteiger partial charge in [0.05, 0.1) is 36.3 Å². The van der Waals surface area contributed by atoms with Crippen LogP contribution in [0.4, 0.5) is 0 Å². The third kappa shape index (κ3) is 3.73. The molecule has 1 aromatic heterocycles. The summed E-state index contributed by atoms with van der Waals surface area (Å²) in [6.07, 6.45) is 0.0609. The first-order valence-electron chi connectivity index (χ1n) is 10.4. The van der Waals surface area contributed by atoms with E-state index in [0.717, 1.165) is 28.4 Å². The van der Waals surface area contributed by atoms with Gasteiger partial charge in [-0.25, -0.2) is 0 Å². The van der Waals surface area contributed by atoms with Gasteiger partial charge in [-0.3, -0.25) is 4.79 Å². The lowest BCUT2D eigenvalue weighted by Crippen LogP contribution is -2.48. The molecule has 5 nitrogen and oxygen atoms in total. The molecule has 0 radical (unpaired) electrons. The van der Waals surface area contributed by atoms with Gasteiger partial charge in [0.25, 0.3) is 5.91 Å². The number of aromatic nitrogens is 1. The van der Waals surface area contributed by atoms with Crippen LogP contribution in [0.3, 0.4) is 0 Å². The topological polar surface area (TPSA) is 43.7 Å². The predicted octanol–water partition coefficient (Wildman–Crippen LogP) is 4.71. The van der Waals surface area contributed by atoms with E-state index in [1.165, 1.54) is 0 Å². The molecule has 1 saturated heterocycles. The average molecular weight is 405 g/mol. The minimum atomic E-state index is 0.0305. The maximum atomic E-state index is 13.5. The van der Waals surface area contributed by atoms with Crippen LogP contribution in [-0.4, -0.2) is 47.8 Å². The molecule has 30 heavy (non-hydrogen) atoms. The lowest BCUT2D eigenvalue weighted by molar-refractivity contribution is -0.0586. The second-order valence-electron chi connectivity index (χ2n) is 7.87. The van der Waals surface area contributed by atoms with Crippen LogP contribution in [0.15, 0.2) is 60.7 Å². The number of rotatable bonds is 4. The Hall–Kier alpha value is -3.05. The van der Waals surface area contributed by atoms with E-state index >= 15 is 0 Å². The first kappa shape index (κ1) is 20.2. The Morgan fingerprint density at radius 3 is 2.30 bits per heavy atom. The monoisotopic (exact) mass is 404 g/mol. The number of hydrogen-bond acceptors (Lipinski definition) is 3. The standard InChI is InChI=1S/C25H28N2O3/c1-17-15-26(16-18(2)30-17)25(28)21-14-23(20-10-6-5-7-11-20)27(19(21)3)22-12-8-9-13-24(22)29-4/h5-14,17-18H,15-16H2,1-4H3. The number of nitrogens with zero attached hydrogens (tertiary/aromatic N) is 2. The molecule has 4 rings (SSSR count). The van der Waals surface area contributed by atoms with Gasteiger partial charge in [-0.05, 0) is 44.5 Å². The lowest BCUT2D eigenvalue weighted by Gasteiger charge is -2.35. The normalized spacial score (nSPS) is 19.0. The van der Waals surface area contributed by atoms with Gasteiger partial charge >= 0.3 is 0 Å². The zero-order valence-electron chi connectivity index (χ0n) is 18.0. The Morgan fingerprint density at radius 2 is 1.63 bits per heavy atom. The molecule has 0 N–H and O–H groups in total. The molecule has 1 fully saturated rings. The first-order valence-corrected chi connectivity index (χ1v) is 10.4. The van der Waals surface area contributed by atoms with Crippen LogP contribution in [0, 0.1) is 6.92 Å². The fourth-order valence-corrected chi connectivity index (χ4v) is 4.28. The van der Waals surface area contributed by atoms with Crippen molar-refractivity contribution in [3.05, 3.63) is 71.9 Å². The van der Waals surface area contributed by atoms with Gasteiger partial charge in [-0.1, -0.05) is 42.5 Å². The Balaban J connectivity index is 1.86. The molecule has 0 aliphatic carbocycles. The van der Waals surface area contributed by atoms with Crippen LogP contribution in [0.5, 0.6) is 5.75 Å². The van der Waals surface area contributed by atoms with Crippen molar-refractivity contribution >= 4 is 5.91 Å². The van der Waals surface area contributed by atoms with Crippen molar-refractivity contribution < 1.29 is 14.3 Å². The predicted molar refractivity (Wildman–Crippen MR) is 118 cm³/mol. The van der Waals surface area contributed by atoms with Crippen molar-refractivity contribution in [3.63, 3.8) is 0 Å². The SMILES string of the molecule is COc1ccccc1-n1c(-c2ccccc2)cc(C(=O)N2CC(C)OC(C)C2)c1C. The highest BCUT2D eigenvalue weighted by molar-refractivity contribution is 5.97. The molecule has 2 unspecified atom stereocenters. The second-order valence-corrected chi connectivity index (χ2v) is 7.87. The Labute approximate surface area is 177 Å². The second kappa shape index (κ2) is 8.36. The van der Waals surface area contributed by atoms with E-state index < -0.39 is 0 Å². The molecule has 3 aromatic rings. The minimum absolute atomic E-state index is 0.0305. The van der Waals surface area contributed by atoms with Gasteiger partial charge < -0.3 is 18.9 Å². The summed E-state index contributed by atoms with van der Waals surface area (Å²) in [5.41, 5.74) is 4.54. The molecule has 0 bridgehead atoms. The molecular formula is C25H28N2O3. The third-order valence-corrected chi connectivity index (χ3v) is 5.58. The Kier molecular flexibility index (Phi) is 5.64. The molecule has 0 saturated carbocycles. The summed E-state index contributed by atoms with van der Waals surface area (Å²) in [6, 6.07) is 20.0. The number of ether oxygens (including phenoxy) is 2.